The Hall–Kier alpha value is -3.02. The molecule has 1 aliphatic rings. The smallest absolute Gasteiger partial charge is 0.298 e. The Morgan fingerprint density at radius 2 is 1.86 bits per heavy atom. The van der Waals surface area contributed by atoms with Crippen molar-refractivity contribution in [2.45, 2.75) is 19.3 Å². The molecular weight excluding hydrogens is 354 g/mol. The number of fused-ring (bicyclic) bond motifs is 1. The average molecular weight is 379 g/mol. The molecule has 6 nitrogen and oxygen atoms in total. The van der Waals surface area contributed by atoms with Crippen molar-refractivity contribution in [3.63, 3.8) is 0 Å². The minimum absolute atomic E-state index is 0.0515. The molecule has 0 bridgehead atoms. The number of para-hydroxylation sites is 3. The summed E-state index contributed by atoms with van der Waals surface area (Å²) in [6, 6.07) is 18.1. The second-order valence-electron chi connectivity index (χ2n) is 7.03. The zero-order valence-electron chi connectivity index (χ0n) is 15.8. The number of piperidine rings is 1. The van der Waals surface area contributed by atoms with Crippen molar-refractivity contribution in [1.82, 2.24) is 10.3 Å². The number of carbonyl (C=O) groups excluding carboxylic acids is 1. The maximum absolute atomic E-state index is 12.4. The number of amides is 1. The van der Waals surface area contributed by atoms with Gasteiger partial charge in [0.1, 0.15) is 11.3 Å². The Kier molecular flexibility index (Phi) is 5.75. The second-order valence-corrected chi connectivity index (χ2v) is 7.03. The topological polar surface area (TPSA) is 67.6 Å². The third-order valence-corrected chi connectivity index (χ3v) is 5.05. The molecule has 2 aromatic carbocycles. The van der Waals surface area contributed by atoms with Gasteiger partial charge in [-0.1, -0.05) is 30.3 Å². The standard InChI is InChI=1S/C22H25N3O3/c26-21(23-13-6-16-27-18-7-2-1-3-8-18)17-11-14-25(15-12-17)22-24-19-9-4-5-10-20(19)28-22/h1-5,7-10,17H,6,11-16H2,(H,23,26). The summed E-state index contributed by atoms with van der Waals surface area (Å²) in [7, 11) is 0. The van der Waals surface area contributed by atoms with Crippen molar-refractivity contribution in [3.05, 3.63) is 54.6 Å². The predicted molar refractivity (Wildman–Crippen MR) is 109 cm³/mol. The van der Waals surface area contributed by atoms with Gasteiger partial charge in [0.15, 0.2) is 5.58 Å². The van der Waals surface area contributed by atoms with Gasteiger partial charge in [-0.05, 0) is 43.5 Å². The van der Waals surface area contributed by atoms with Crippen molar-refractivity contribution in [2.24, 2.45) is 5.92 Å². The Bertz CT molecular complexity index is 869. The van der Waals surface area contributed by atoms with E-state index in [1.54, 1.807) is 0 Å². The number of aromatic nitrogens is 1. The average Bonchev–Trinajstić information content (AvgIpc) is 3.18. The Morgan fingerprint density at radius 1 is 1.11 bits per heavy atom. The van der Waals surface area contributed by atoms with E-state index in [1.165, 1.54) is 0 Å². The lowest BCUT2D eigenvalue weighted by atomic mass is 9.96. The molecule has 146 valence electrons. The first kappa shape index (κ1) is 18.3. The molecular formula is C22H25N3O3. The molecule has 0 spiro atoms. The molecule has 1 saturated heterocycles. The highest BCUT2D eigenvalue weighted by molar-refractivity contribution is 5.79. The summed E-state index contributed by atoms with van der Waals surface area (Å²) in [5.74, 6) is 1.05. The number of hydrogen-bond acceptors (Lipinski definition) is 5. The van der Waals surface area contributed by atoms with E-state index in [2.05, 4.69) is 15.2 Å². The van der Waals surface area contributed by atoms with Gasteiger partial charge in [0.25, 0.3) is 6.01 Å². The fourth-order valence-electron chi connectivity index (χ4n) is 3.46. The molecule has 0 radical (unpaired) electrons. The van der Waals surface area contributed by atoms with Crippen LogP contribution in [0.2, 0.25) is 0 Å². The Balaban J connectivity index is 1.17. The number of ether oxygens (including phenoxy) is 1. The van der Waals surface area contributed by atoms with E-state index in [0.29, 0.717) is 19.2 Å². The highest BCUT2D eigenvalue weighted by atomic mass is 16.5. The first-order chi connectivity index (χ1) is 13.8. The normalized spacial score (nSPS) is 14.9. The molecule has 3 aromatic rings. The van der Waals surface area contributed by atoms with Crippen molar-refractivity contribution in [3.8, 4) is 5.75 Å². The van der Waals surface area contributed by atoms with Crippen LogP contribution in [0.1, 0.15) is 19.3 Å². The third kappa shape index (κ3) is 4.44. The molecule has 4 rings (SSSR count). The second kappa shape index (κ2) is 8.78. The number of nitrogens with zero attached hydrogens (tertiary/aromatic N) is 2. The minimum atomic E-state index is 0.0515. The quantitative estimate of drug-likeness (QED) is 0.635. The van der Waals surface area contributed by atoms with Crippen LogP contribution in [0.15, 0.2) is 59.0 Å². The van der Waals surface area contributed by atoms with Gasteiger partial charge in [-0.25, -0.2) is 0 Å². The van der Waals surface area contributed by atoms with E-state index >= 15 is 0 Å². The van der Waals surface area contributed by atoms with Gasteiger partial charge in [-0.15, -0.1) is 0 Å². The summed E-state index contributed by atoms with van der Waals surface area (Å²) in [6.07, 6.45) is 2.42. The van der Waals surface area contributed by atoms with Gasteiger partial charge in [0.05, 0.1) is 6.61 Å². The lowest BCUT2D eigenvalue weighted by Gasteiger charge is -2.30. The molecule has 0 aliphatic carbocycles. The van der Waals surface area contributed by atoms with Crippen molar-refractivity contribution >= 4 is 23.0 Å². The van der Waals surface area contributed by atoms with Crippen LogP contribution in [-0.2, 0) is 4.79 Å². The number of carbonyl (C=O) groups is 1. The number of anilines is 1. The number of nitrogens with one attached hydrogen (secondary N) is 1. The van der Waals surface area contributed by atoms with Crippen LogP contribution in [0.4, 0.5) is 6.01 Å². The van der Waals surface area contributed by atoms with E-state index in [0.717, 1.165) is 49.2 Å². The molecule has 1 amide bonds. The van der Waals surface area contributed by atoms with E-state index in [4.69, 9.17) is 9.15 Å². The molecule has 1 aliphatic heterocycles. The Labute approximate surface area is 164 Å². The molecule has 0 saturated carbocycles. The van der Waals surface area contributed by atoms with E-state index < -0.39 is 0 Å². The molecule has 6 heteroatoms. The zero-order valence-corrected chi connectivity index (χ0v) is 15.8. The number of benzene rings is 2. The summed E-state index contributed by atoms with van der Waals surface area (Å²) in [4.78, 5) is 19.1. The van der Waals surface area contributed by atoms with Crippen molar-refractivity contribution in [2.75, 3.05) is 31.1 Å². The lowest BCUT2D eigenvalue weighted by Crippen LogP contribution is -2.41. The first-order valence-electron chi connectivity index (χ1n) is 9.86. The largest absolute Gasteiger partial charge is 0.494 e. The fourth-order valence-corrected chi connectivity index (χ4v) is 3.46. The maximum Gasteiger partial charge on any atom is 0.298 e. The SMILES string of the molecule is O=C(NCCCOc1ccccc1)C1CCN(c2nc3ccccc3o2)CC1. The predicted octanol–water partition coefficient (Wildman–Crippen LogP) is 3.63. The molecule has 28 heavy (non-hydrogen) atoms. The van der Waals surface area contributed by atoms with Crippen LogP contribution >= 0.6 is 0 Å². The first-order valence-corrected chi connectivity index (χ1v) is 9.86. The van der Waals surface area contributed by atoms with Crippen LogP contribution in [-0.4, -0.2) is 37.1 Å². The van der Waals surface area contributed by atoms with Crippen LogP contribution in [0.25, 0.3) is 11.1 Å². The number of rotatable bonds is 7. The van der Waals surface area contributed by atoms with Gasteiger partial charge in [-0.2, -0.15) is 4.98 Å². The van der Waals surface area contributed by atoms with Crippen molar-refractivity contribution in [1.29, 1.82) is 0 Å². The summed E-state index contributed by atoms with van der Waals surface area (Å²) in [6.45, 7) is 2.79. The summed E-state index contributed by atoms with van der Waals surface area (Å²) in [5, 5.41) is 3.04. The number of oxazole rings is 1. The van der Waals surface area contributed by atoms with Crippen LogP contribution in [0.5, 0.6) is 5.75 Å². The molecule has 1 N–H and O–H groups in total. The highest BCUT2D eigenvalue weighted by Gasteiger charge is 2.26. The summed E-state index contributed by atoms with van der Waals surface area (Å²) < 4.78 is 11.5. The van der Waals surface area contributed by atoms with Crippen molar-refractivity contribution < 1.29 is 13.9 Å². The summed E-state index contributed by atoms with van der Waals surface area (Å²) in [5.41, 5.74) is 1.67. The zero-order chi connectivity index (χ0) is 19.2. The third-order valence-electron chi connectivity index (χ3n) is 5.05. The van der Waals surface area contributed by atoms with Gasteiger partial charge in [0, 0.05) is 25.6 Å². The molecule has 1 aromatic heterocycles. The van der Waals surface area contributed by atoms with E-state index in [9.17, 15) is 4.79 Å². The lowest BCUT2D eigenvalue weighted by molar-refractivity contribution is -0.125. The maximum atomic E-state index is 12.4. The summed E-state index contributed by atoms with van der Waals surface area (Å²) >= 11 is 0. The van der Waals surface area contributed by atoms with Gasteiger partial charge in [-0.3, -0.25) is 4.79 Å². The van der Waals surface area contributed by atoms with Crippen LogP contribution < -0.4 is 15.0 Å². The monoisotopic (exact) mass is 379 g/mol. The molecule has 2 heterocycles. The van der Waals surface area contributed by atoms with Gasteiger partial charge >= 0.3 is 0 Å². The molecule has 0 atom stereocenters. The van der Waals surface area contributed by atoms with Gasteiger partial charge < -0.3 is 19.4 Å². The van der Waals surface area contributed by atoms with Gasteiger partial charge in [0.2, 0.25) is 5.91 Å². The fraction of sp³-hybridized carbons (Fsp3) is 0.364. The Morgan fingerprint density at radius 3 is 2.64 bits per heavy atom. The van der Waals surface area contributed by atoms with Crippen LogP contribution in [0.3, 0.4) is 0 Å². The number of hydrogen-bond donors (Lipinski definition) is 1. The molecule has 1 fully saturated rings. The van der Waals surface area contributed by atoms with Crippen LogP contribution in [0, 0.1) is 5.92 Å². The molecule has 0 unspecified atom stereocenters. The van der Waals surface area contributed by atoms with E-state index in [1.807, 2.05) is 54.6 Å². The minimum Gasteiger partial charge on any atom is -0.494 e. The van der Waals surface area contributed by atoms with E-state index in [-0.39, 0.29) is 11.8 Å². The highest BCUT2D eigenvalue weighted by Crippen LogP contribution is 2.26.